The highest BCUT2D eigenvalue weighted by molar-refractivity contribution is 7.99. The minimum atomic E-state index is -3.44. The van der Waals surface area contributed by atoms with E-state index >= 15 is 0 Å². The lowest BCUT2D eigenvalue weighted by Gasteiger charge is -2.29. The quantitative estimate of drug-likeness (QED) is 0.766. The van der Waals surface area contributed by atoms with Crippen molar-refractivity contribution >= 4 is 27.9 Å². The summed E-state index contributed by atoms with van der Waals surface area (Å²) in [7, 11) is -3.44. The maximum absolute atomic E-state index is 12.1. The molecule has 0 spiro atoms. The third-order valence-corrected chi connectivity index (χ3v) is 6.53. The number of carboxylic acid groups (broad SMARTS) is 1. The van der Waals surface area contributed by atoms with Gasteiger partial charge in [0.05, 0.1) is 5.92 Å². The van der Waals surface area contributed by atoms with Crippen LogP contribution in [0.25, 0.3) is 0 Å². The number of thioether (sulfide) groups is 1. The Morgan fingerprint density at radius 1 is 1.32 bits per heavy atom. The Balaban J connectivity index is 1.81. The number of nitrogens with zero attached hydrogens (tertiary/aromatic N) is 1. The highest BCUT2D eigenvalue weighted by Crippen LogP contribution is 2.23. The van der Waals surface area contributed by atoms with Crippen LogP contribution in [-0.2, 0) is 15.0 Å². The Bertz CT molecular complexity index is 412. The van der Waals surface area contributed by atoms with E-state index in [2.05, 4.69) is 4.72 Å². The number of piperidine rings is 1. The summed E-state index contributed by atoms with van der Waals surface area (Å²) in [5.74, 6) is 1.32. The molecule has 1 atom stereocenters. The number of aliphatic carboxylic acids is 1. The number of carbonyl (C=O) groups is 1. The summed E-state index contributed by atoms with van der Waals surface area (Å²) < 4.78 is 28.2. The van der Waals surface area contributed by atoms with Gasteiger partial charge in [-0.3, -0.25) is 4.79 Å². The van der Waals surface area contributed by atoms with E-state index in [9.17, 15) is 13.2 Å². The molecule has 0 aromatic carbocycles. The summed E-state index contributed by atoms with van der Waals surface area (Å²) in [5, 5.41) is 8.89. The summed E-state index contributed by atoms with van der Waals surface area (Å²) in [6.07, 6.45) is 1.86. The molecule has 2 aliphatic heterocycles. The maximum Gasteiger partial charge on any atom is 0.306 e. The van der Waals surface area contributed by atoms with Crippen molar-refractivity contribution in [1.82, 2.24) is 9.03 Å². The zero-order valence-corrected chi connectivity index (χ0v) is 12.4. The van der Waals surface area contributed by atoms with E-state index in [-0.39, 0.29) is 0 Å². The van der Waals surface area contributed by atoms with Crippen LogP contribution in [0.15, 0.2) is 0 Å². The standard InChI is InChI=1S/C11H20N2O4S2/c14-11(15)10-1-4-13(5-2-10)19(16,17)12-7-9-3-6-18-8-9/h9-10,12H,1-8H2,(H,14,15). The van der Waals surface area contributed by atoms with Gasteiger partial charge in [0.1, 0.15) is 0 Å². The first kappa shape index (κ1) is 15.1. The van der Waals surface area contributed by atoms with Gasteiger partial charge in [-0.25, -0.2) is 4.72 Å². The molecule has 0 bridgehead atoms. The minimum absolute atomic E-state index is 0.297. The van der Waals surface area contributed by atoms with E-state index in [0.29, 0.717) is 38.4 Å². The summed E-state index contributed by atoms with van der Waals surface area (Å²) >= 11 is 1.86. The van der Waals surface area contributed by atoms with Gasteiger partial charge in [-0.05, 0) is 36.7 Å². The Morgan fingerprint density at radius 3 is 2.53 bits per heavy atom. The molecule has 0 amide bonds. The van der Waals surface area contributed by atoms with Crippen LogP contribution in [0.1, 0.15) is 19.3 Å². The zero-order chi connectivity index (χ0) is 13.9. The molecule has 2 aliphatic rings. The van der Waals surface area contributed by atoms with Crippen LogP contribution in [0, 0.1) is 11.8 Å². The predicted octanol–water partition coefficient (Wildman–Crippen LogP) is 0.370. The van der Waals surface area contributed by atoms with Crippen LogP contribution in [-0.4, -0.2) is 54.9 Å². The van der Waals surface area contributed by atoms with Crippen LogP contribution in [0.2, 0.25) is 0 Å². The van der Waals surface area contributed by atoms with E-state index < -0.39 is 22.1 Å². The maximum atomic E-state index is 12.1. The van der Waals surface area contributed by atoms with Gasteiger partial charge in [-0.15, -0.1) is 0 Å². The van der Waals surface area contributed by atoms with Crippen molar-refractivity contribution in [3.8, 4) is 0 Å². The van der Waals surface area contributed by atoms with Crippen molar-refractivity contribution in [3.63, 3.8) is 0 Å². The normalized spacial score (nSPS) is 26.6. The number of carboxylic acids is 1. The highest BCUT2D eigenvalue weighted by Gasteiger charge is 2.31. The molecule has 2 fully saturated rings. The van der Waals surface area contributed by atoms with Gasteiger partial charge in [0.25, 0.3) is 10.2 Å². The van der Waals surface area contributed by atoms with Crippen LogP contribution in [0.3, 0.4) is 0 Å². The largest absolute Gasteiger partial charge is 0.481 e. The monoisotopic (exact) mass is 308 g/mol. The summed E-state index contributed by atoms with van der Waals surface area (Å²) in [4.78, 5) is 10.8. The van der Waals surface area contributed by atoms with Gasteiger partial charge in [0.2, 0.25) is 0 Å². The van der Waals surface area contributed by atoms with Crippen molar-refractivity contribution < 1.29 is 18.3 Å². The Morgan fingerprint density at radius 2 is 2.00 bits per heavy atom. The van der Waals surface area contributed by atoms with Crippen molar-refractivity contribution in [2.75, 3.05) is 31.1 Å². The van der Waals surface area contributed by atoms with E-state index in [1.165, 1.54) is 4.31 Å². The summed E-state index contributed by atoms with van der Waals surface area (Å²) in [6.45, 7) is 1.09. The first-order valence-corrected chi connectivity index (χ1v) is 9.14. The Hall–Kier alpha value is -0.310. The number of nitrogens with one attached hydrogen (secondary N) is 1. The summed E-state index contributed by atoms with van der Waals surface area (Å²) in [5.41, 5.74) is 0. The fraction of sp³-hybridized carbons (Fsp3) is 0.909. The summed E-state index contributed by atoms with van der Waals surface area (Å²) in [6, 6.07) is 0. The van der Waals surface area contributed by atoms with Crippen LogP contribution in [0.4, 0.5) is 0 Å². The number of hydrogen-bond acceptors (Lipinski definition) is 4. The molecule has 0 aliphatic carbocycles. The van der Waals surface area contributed by atoms with Crippen molar-refractivity contribution in [2.24, 2.45) is 11.8 Å². The second-order valence-electron chi connectivity index (χ2n) is 5.09. The molecule has 110 valence electrons. The fourth-order valence-electron chi connectivity index (χ4n) is 2.40. The van der Waals surface area contributed by atoms with Crippen LogP contribution < -0.4 is 4.72 Å². The smallest absolute Gasteiger partial charge is 0.306 e. The number of hydrogen-bond donors (Lipinski definition) is 2. The zero-order valence-electron chi connectivity index (χ0n) is 10.7. The molecule has 0 saturated carbocycles. The number of rotatable bonds is 5. The lowest BCUT2D eigenvalue weighted by atomic mass is 9.99. The Labute approximate surface area is 118 Å². The molecule has 2 rings (SSSR count). The van der Waals surface area contributed by atoms with Crippen molar-refractivity contribution in [1.29, 1.82) is 0 Å². The van der Waals surface area contributed by atoms with Crippen molar-refractivity contribution in [3.05, 3.63) is 0 Å². The lowest BCUT2D eigenvalue weighted by molar-refractivity contribution is -0.142. The van der Waals surface area contributed by atoms with E-state index in [1.807, 2.05) is 11.8 Å². The third kappa shape index (κ3) is 4.08. The molecule has 6 nitrogen and oxygen atoms in total. The molecule has 0 radical (unpaired) electrons. The third-order valence-electron chi connectivity index (χ3n) is 3.72. The molecular weight excluding hydrogens is 288 g/mol. The van der Waals surface area contributed by atoms with E-state index in [4.69, 9.17) is 5.11 Å². The topological polar surface area (TPSA) is 86.7 Å². The molecule has 2 heterocycles. The Kier molecular flexibility index (Phi) is 5.10. The van der Waals surface area contributed by atoms with Crippen LogP contribution in [0.5, 0.6) is 0 Å². The van der Waals surface area contributed by atoms with Gasteiger partial charge in [-0.1, -0.05) is 0 Å². The second kappa shape index (κ2) is 6.43. The van der Waals surface area contributed by atoms with E-state index in [1.54, 1.807) is 0 Å². The molecule has 0 aromatic heterocycles. The van der Waals surface area contributed by atoms with Gasteiger partial charge >= 0.3 is 5.97 Å². The van der Waals surface area contributed by atoms with E-state index in [0.717, 1.165) is 17.9 Å². The van der Waals surface area contributed by atoms with Gasteiger partial charge < -0.3 is 5.11 Å². The average Bonchev–Trinajstić information content (AvgIpc) is 2.90. The van der Waals surface area contributed by atoms with Gasteiger partial charge in [0, 0.05) is 19.6 Å². The second-order valence-corrected chi connectivity index (χ2v) is 8.00. The lowest BCUT2D eigenvalue weighted by Crippen LogP contribution is -2.47. The first-order chi connectivity index (χ1) is 8.99. The molecule has 19 heavy (non-hydrogen) atoms. The van der Waals surface area contributed by atoms with Gasteiger partial charge in [0.15, 0.2) is 0 Å². The molecule has 8 heteroatoms. The highest BCUT2D eigenvalue weighted by atomic mass is 32.2. The minimum Gasteiger partial charge on any atom is -0.481 e. The molecule has 2 saturated heterocycles. The predicted molar refractivity (Wildman–Crippen MR) is 74.3 cm³/mol. The van der Waals surface area contributed by atoms with Crippen molar-refractivity contribution in [2.45, 2.75) is 19.3 Å². The van der Waals surface area contributed by atoms with Gasteiger partial charge in [-0.2, -0.15) is 24.5 Å². The molecule has 1 unspecified atom stereocenters. The van der Waals surface area contributed by atoms with Crippen LogP contribution >= 0.6 is 11.8 Å². The molecular formula is C11H20N2O4S2. The fourth-order valence-corrected chi connectivity index (χ4v) is 5.01. The average molecular weight is 308 g/mol. The SMILES string of the molecule is O=C(O)C1CCN(S(=O)(=O)NCC2CCSC2)CC1. The molecule has 0 aromatic rings. The first-order valence-electron chi connectivity index (χ1n) is 6.54. The molecule has 2 N–H and O–H groups in total.